The van der Waals surface area contributed by atoms with Gasteiger partial charge in [0, 0.05) is 25.3 Å². The summed E-state index contributed by atoms with van der Waals surface area (Å²) in [5, 5.41) is 2.80. The number of esters is 1. The lowest BCUT2D eigenvalue weighted by molar-refractivity contribution is -0.147. The van der Waals surface area contributed by atoms with Crippen molar-refractivity contribution < 1.29 is 36.6 Å². The third-order valence-electron chi connectivity index (χ3n) is 6.85. The number of amides is 1. The summed E-state index contributed by atoms with van der Waals surface area (Å²) in [6.07, 6.45) is 0.989. The molecule has 4 rings (SSSR count). The molecule has 4 aromatic carbocycles. The first-order chi connectivity index (χ1) is 22.3. The van der Waals surface area contributed by atoms with Crippen LogP contribution in [0.4, 0.5) is 0 Å². The van der Waals surface area contributed by atoms with Crippen molar-refractivity contribution in [3.8, 4) is 17.3 Å². The summed E-state index contributed by atoms with van der Waals surface area (Å²) in [5.41, 5.74) is 3.98. The fourth-order valence-corrected chi connectivity index (χ4v) is 7.04. The van der Waals surface area contributed by atoms with E-state index >= 15 is 0 Å². The molecular weight excluding hydrogens is 684 g/mol. The number of sulfone groups is 1. The first-order valence-electron chi connectivity index (χ1n) is 14.0. The number of carbonyl (C=O) groups excluding carboxylic acids is 2. The van der Waals surface area contributed by atoms with E-state index in [1.54, 1.807) is 60.7 Å². The quantitative estimate of drug-likeness (QED) is 0.113. The standard InChI is InChI=1S/C34H30Cl2NO8PS/c1-43-26-12-8-13-27(21-26)46(40,44-2)16-15-25-18-29(35)32(30(36)19-25)33(38)37-31(34(39)45-22-23-9-5-4-6-10-23)20-24-11-7-14-28(17-24)47(3,41)42/h4-14,17-19,21,31H,20,22H2,1-3H3,(H,37,38)/t31-,46?/m0/s1. The fraction of sp³-hybridized carbons (Fsp3) is 0.176. The van der Waals surface area contributed by atoms with Crippen LogP contribution in [0.3, 0.4) is 0 Å². The highest BCUT2D eigenvalue weighted by Gasteiger charge is 2.27. The SMILES string of the molecule is COc1cccc(P(=O)(C#Cc2cc(Cl)c(C(=O)N[C@@H](Cc3cccc(S(C)(=O)=O)c3)C(=O)OCc3ccccc3)c(Cl)c2)OC)c1. The maximum atomic E-state index is 13.5. The number of nitrogens with one attached hydrogen (secondary N) is 1. The van der Waals surface area contributed by atoms with Crippen molar-refractivity contribution in [1.29, 1.82) is 0 Å². The Morgan fingerprint density at radius 2 is 1.55 bits per heavy atom. The highest BCUT2D eigenvalue weighted by atomic mass is 35.5. The minimum Gasteiger partial charge on any atom is -0.497 e. The Kier molecular flexibility index (Phi) is 11.9. The highest BCUT2D eigenvalue weighted by molar-refractivity contribution is 7.90. The summed E-state index contributed by atoms with van der Waals surface area (Å²) >= 11 is 13.0. The molecule has 47 heavy (non-hydrogen) atoms. The van der Waals surface area contributed by atoms with Crippen LogP contribution in [0.15, 0.2) is 95.9 Å². The molecular formula is C34H30Cl2NO8PS. The van der Waals surface area contributed by atoms with E-state index in [1.807, 2.05) is 6.07 Å². The second kappa shape index (κ2) is 15.7. The predicted octanol–water partition coefficient (Wildman–Crippen LogP) is 6.05. The average molecular weight is 715 g/mol. The molecule has 0 saturated carbocycles. The molecule has 2 atom stereocenters. The van der Waals surface area contributed by atoms with Gasteiger partial charge in [0.15, 0.2) is 9.84 Å². The Morgan fingerprint density at radius 3 is 2.19 bits per heavy atom. The van der Waals surface area contributed by atoms with Gasteiger partial charge in [-0.05, 0) is 59.3 Å². The van der Waals surface area contributed by atoms with E-state index in [9.17, 15) is 22.6 Å². The van der Waals surface area contributed by atoms with Gasteiger partial charge in [-0.25, -0.2) is 13.2 Å². The zero-order valence-corrected chi connectivity index (χ0v) is 28.8. The maximum Gasteiger partial charge on any atom is 0.329 e. The lowest BCUT2D eigenvalue weighted by atomic mass is 10.0. The van der Waals surface area contributed by atoms with E-state index in [0.717, 1.165) is 11.8 Å². The summed E-state index contributed by atoms with van der Waals surface area (Å²) in [5.74, 6) is 1.71. The molecule has 244 valence electrons. The van der Waals surface area contributed by atoms with Gasteiger partial charge >= 0.3 is 13.3 Å². The highest BCUT2D eigenvalue weighted by Crippen LogP contribution is 2.44. The largest absolute Gasteiger partial charge is 0.497 e. The number of hydrogen-bond acceptors (Lipinski definition) is 8. The molecule has 13 heteroatoms. The molecule has 0 aliphatic rings. The summed E-state index contributed by atoms with van der Waals surface area (Å²) in [7, 11) is -4.38. The van der Waals surface area contributed by atoms with Crippen LogP contribution >= 0.6 is 30.6 Å². The van der Waals surface area contributed by atoms with Gasteiger partial charge in [-0.2, -0.15) is 0 Å². The molecule has 9 nitrogen and oxygen atoms in total. The predicted molar refractivity (Wildman–Crippen MR) is 181 cm³/mol. The van der Waals surface area contributed by atoms with Crippen LogP contribution in [0.25, 0.3) is 0 Å². The van der Waals surface area contributed by atoms with Crippen LogP contribution in [0.5, 0.6) is 5.75 Å². The van der Waals surface area contributed by atoms with Crippen LogP contribution < -0.4 is 15.4 Å². The van der Waals surface area contributed by atoms with Crippen LogP contribution in [0.1, 0.15) is 27.0 Å². The second-order valence-electron chi connectivity index (χ2n) is 10.2. The van der Waals surface area contributed by atoms with Gasteiger partial charge in [-0.3, -0.25) is 9.36 Å². The van der Waals surface area contributed by atoms with Crippen LogP contribution in [-0.4, -0.2) is 46.8 Å². The van der Waals surface area contributed by atoms with Crippen molar-refractivity contribution >= 4 is 57.6 Å². The normalized spacial score (nSPS) is 13.0. The number of hydrogen-bond donors (Lipinski definition) is 1. The van der Waals surface area contributed by atoms with Crippen molar-refractivity contribution in [2.75, 3.05) is 20.5 Å². The van der Waals surface area contributed by atoms with Gasteiger partial charge < -0.3 is 19.3 Å². The molecule has 0 saturated heterocycles. The summed E-state index contributed by atoms with van der Waals surface area (Å²) in [4.78, 5) is 26.8. The van der Waals surface area contributed by atoms with Crippen molar-refractivity contribution in [1.82, 2.24) is 5.32 Å². The topological polar surface area (TPSA) is 125 Å². The van der Waals surface area contributed by atoms with Gasteiger partial charge in [0.2, 0.25) is 0 Å². The van der Waals surface area contributed by atoms with Crippen molar-refractivity contribution in [2.24, 2.45) is 0 Å². The molecule has 0 aliphatic heterocycles. The van der Waals surface area contributed by atoms with Crippen molar-refractivity contribution in [2.45, 2.75) is 24.0 Å². The number of halogens is 2. The Balaban J connectivity index is 1.60. The Bertz CT molecular complexity index is 1990. The molecule has 1 N–H and O–H groups in total. The smallest absolute Gasteiger partial charge is 0.329 e. The van der Waals surface area contributed by atoms with Gasteiger partial charge in [0.05, 0.1) is 32.9 Å². The zero-order chi connectivity index (χ0) is 34.2. The summed E-state index contributed by atoms with van der Waals surface area (Å²) < 4.78 is 53.7. The minimum atomic E-state index is -3.62. The Hall–Kier alpha value is -4.10. The van der Waals surface area contributed by atoms with E-state index in [2.05, 4.69) is 16.9 Å². The third-order valence-corrected chi connectivity index (χ3v) is 10.4. The molecule has 1 unspecified atom stereocenters. The molecule has 0 fully saturated rings. The van der Waals surface area contributed by atoms with Crippen LogP contribution in [0.2, 0.25) is 10.0 Å². The van der Waals surface area contributed by atoms with E-state index in [1.165, 1.54) is 38.5 Å². The number of carbonyl (C=O) groups is 2. The first-order valence-corrected chi connectivity index (χ1v) is 18.2. The van der Waals surface area contributed by atoms with Gasteiger partial charge in [-0.1, -0.05) is 77.7 Å². The molecule has 1 amide bonds. The first kappa shape index (κ1) is 35.7. The van der Waals surface area contributed by atoms with E-state index in [-0.39, 0.29) is 39.1 Å². The van der Waals surface area contributed by atoms with Crippen molar-refractivity contribution in [3.05, 3.63) is 123 Å². The number of ether oxygens (including phenoxy) is 2. The zero-order valence-electron chi connectivity index (χ0n) is 25.5. The van der Waals surface area contributed by atoms with E-state index in [4.69, 9.17) is 37.2 Å². The third kappa shape index (κ3) is 9.48. The van der Waals surface area contributed by atoms with Crippen molar-refractivity contribution in [3.63, 3.8) is 0 Å². The average Bonchev–Trinajstić information content (AvgIpc) is 3.05. The fourth-order valence-electron chi connectivity index (χ4n) is 4.40. The molecule has 4 aromatic rings. The Morgan fingerprint density at radius 1 is 0.894 bits per heavy atom. The molecule has 0 bridgehead atoms. The minimum absolute atomic E-state index is 0.0502. The number of methoxy groups -OCH3 is 1. The lowest BCUT2D eigenvalue weighted by Gasteiger charge is -2.19. The summed E-state index contributed by atoms with van der Waals surface area (Å²) in [6, 6.07) is 23.1. The van der Waals surface area contributed by atoms with Crippen LogP contribution in [-0.2, 0) is 41.5 Å². The number of benzene rings is 4. The van der Waals surface area contributed by atoms with Gasteiger partial charge in [-0.15, -0.1) is 0 Å². The molecule has 0 aromatic heterocycles. The van der Waals surface area contributed by atoms with Gasteiger partial charge in [0.25, 0.3) is 5.91 Å². The molecule has 0 aliphatic carbocycles. The number of rotatable bonds is 11. The molecule has 0 heterocycles. The van der Waals surface area contributed by atoms with E-state index < -0.39 is 35.1 Å². The van der Waals surface area contributed by atoms with E-state index in [0.29, 0.717) is 16.6 Å². The second-order valence-corrected chi connectivity index (χ2v) is 15.3. The van der Waals surface area contributed by atoms with Crippen LogP contribution in [0, 0.1) is 11.6 Å². The molecule has 0 radical (unpaired) electrons. The summed E-state index contributed by atoms with van der Waals surface area (Å²) in [6.45, 7) is -0.0502. The molecule has 0 spiro atoms. The monoisotopic (exact) mass is 713 g/mol. The van der Waals surface area contributed by atoms with Gasteiger partial charge in [0.1, 0.15) is 18.4 Å². The lowest BCUT2D eigenvalue weighted by Crippen LogP contribution is -2.43. The Labute approximate surface area is 283 Å². The maximum absolute atomic E-state index is 13.5.